The van der Waals surface area contributed by atoms with Gasteiger partial charge in [0, 0.05) is 24.8 Å². The van der Waals surface area contributed by atoms with Crippen molar-refractivity contribution in [1.82, 2.24) is 4.90 Å². The summed E-state index contributed by atoms with van der Waals surface area (Å²) in [5.41, 5.74) is 7.92. The van der Waals surface area contributed by atoms with Gasteiger partial charge in [-0.2, -0.15) is 0 Å². The molecule has 0 amide bonds. The van der Waals surface area contributed by atoms with Crippen LogP contribution in [0, 0.1) is 5.92 Å². The maximum atomic E-state index is 10.0. The lowest BCUT2D eigenvalue weighted by Gasteiger charge is -2.30. The summed E-state index contributed by atoms with van der Waals surface area (Å²) in [4.78, 5) is 2.26. The molecule has 1 aromatic rings. The van der Waals surface area contributed by atoms with Crippen molar-refractivity contribution in [1.29, 1.82) is 0 Å². The summed E-state index contributed by atoms with van der Waals surface area (Å²) < 4.78 is 0. The maximum Gasteiger partial charge on any atom is 0.0690 e. The number of hydrogen-bond donors (Lipinski definition) is 2. The largest absolute Gasteiger partial charge is 0.398 e. The summed E-state index contributed by atoms with van der Waals surface area (Å²) in [5, 5.41) is 10.0. The van der Waals surface area contributed by atoms with Gasteiger partial charge in [-0.1, -0.05) is 32.0 Å². The second-order valence-electron chi connectivity index (χ2n) is 5.53. The Kier molecular flexibility index (Phi) is 5.63. The zero-order valence-corrected chi connectivity index (χ0v) is 11.9. The molecule has 0 saturated carbocycles. The minimum atomic E-state index is -0.294. The lowest BCUT2D eigenvalue weighted by Crippen LogP contribution is -2.39. The number of para-hydroxylation sites is 1. The number of aliphatic hydroxyl groups is 1. The third kappa shape index (κ3) is 4.31. The second kappa shape index (κ2) is 6.76. The highest BCUT2D eigenvalue weighted by Crippen LogP contribution is 2.16. The number of aliphatic hydroxyl groups excluding tert-OH is 1. The van der Waals surface area contributed by atoms with Crippen molar-refractivity contribution in [3.8, 4) is 0 Å². The molecule has 1 unspecified atom stereocenters. The molecule has 3 N–H and O–H groups in total. The van der Waals surface area contributed by atoms with Crippen molar-refractivity contribution in [3.05, 3.63) is 29.8 Å². The van der Waals surface area contributed by atoms with E-state index in [0.717, 1.165) is 17.8 Å². The minimum Gasteiger partial charge on any atom is -0.398 e. The third-order valence-electron chi connectivity index (χ3n) is 3.35. The Morgan fingerprint density at radius 1 is 1.17 bits per heavy atom. The predicted molar refractivity (Wildman–Crippen MR) is 77.2 cm³/mol. The van der Waals surface area contributed by atoms with Crippen LogP contribution < -0.4 is 5.73 Å². The standard InChI is InChI=1S/C15H26N2O/c1-11(2)15(18)10-17(12(3)4)9-13-7-5-6-8-14(13)16/h5-8,11-12,15,18H,9-10,16H2,1-4H3. The summed E-state index contributed by atoms with van der Waals surface area (Å²) >= 11 is 0. The molecule has 0 fully saturated rings. The molecule has 0 aliphatic rings. The number of hydrogen-bond acceptors (Lipinski definition) is 3. The number of anilines is 1. The van der Waals surface area contributed by atoms with Gasteiger partial charge >= 0.3 is 0 Å². The van der Waals surface area contributed by atoms with Gasteiger partial charge in [0.1, 0.15) is 0 Å². The zero-order valence-electron chi connectivity index (χ0n) is 11.9. The molecule has 1 atom stereocenters. The van der Waals surface area contributed by atoms with E-state index in [1.807, 2.05) is 38.1 Å². The lowest BCUT2D eigenvalue weighted by atomic mass is 10.1. The molecule has 0 bridgehead atoms. The van der Waals surface area contributed by atoms with E-state index in [4.69, 9.17) is 5.73 Å². The molecule has 1 aromatic carbocycles. The van der Waals surface area contributed by atoms with Crippen LogP contribution in [0.3, 0.4) is 0 Å². The summed E-state index contributed by atoms with van der Waals surface area (Å²) in [5.74, 6) is 0.277. The van der Waals surface area contributed by atoms with Crippen molar-refractivity contribution in [2.75, 3.05) is 12.3 Å². The molecular formula is C15H26N2O. The van der Waals surface area contributed by atoms with Crippen LogP contribution in [0.4, 0.5) is 5.69 Å². The highest BCUT2D eigenvalue weighted by atomic mass is 16.3. The first-order valence-electron chi connectivity index (χ1n) is 6.67. The molecule has 0 aromatic heterocycles. The number of nitrogen functional groups attached to an aromatic ring is 1. The molecule has 0 heterocycles. The van der Waals surface area contributed by atoms with Crippen LogP contribution in [-0.2, 0) is 6.54 Å². The van der Waals surface area contributed by atoms with Gasteiger partial charge in [0.15, 0.2) is 0 Å². The minimum absolute atomic E-state index is 0.277. The van der Waals surface area contributed by atoms with Gasteiger partial charge in [-0.25, -0.2) is 0 Å². The highest BCUT2D eigenvalue weighted by molar-refractivity contribution is 5.46. The zero-order chi connectivity index (χ0) is 13.7. The van der Waals surface area contributed by atoms with E-state index < -0.39 is 0 Å². The lowest BCUT2D eigenvalue weighted by molar-refractivity contribution is 0.0599. The van der Waals surface area contributed by atoms with Gasteiger partial charge in [0.2, 0.25) is 0 Å². The van der Waals surface area contributed by atoms with Crippen LogP contribution in [0.15, 0.2) is 24.3 Å². The van der Waals surface area contributed by atoms with E-state index in [1.165, 1.54) is 0 Å². The Labute approximate surface area is 111 Å². The first kappa shape index (κ1) is 15.0. The summed E-state index contributed by atoms with van der Waals surface area (Å²) in [6.45, 7) is 9.84. The van der Waals surface area contributed by atoms with Gasteiger partial charge < -0.3 is 10.8 Å². The topological polar surface area (TPSA) is 49.5 Å². The first-order chi connectivity index (χ1) is 8.41. The van der Waals surface area contributed by atoms with E-state index in [-0.39, 0.29) is 12.0 Å². The van der Waals surface area contributed by atoms with E-state index >= 15 is 0 Å². The van der Waals surface area contributed by atoms with E-state index in [0.29, 0.717) is 12.6 Å². The fourth-order valence-corrected chi connectivity index (χ4v) is 1.81. The average molecular weight is 250 g/mol. The van der Waals surface area contributed by atoms with Crippen LogP contribution in [-0.4, -0.2) is 28.7 Å². The predicted octanol–water partition coefficient (Wildman–Crippen LogP) is 2.50. The van der Waals surface area contributed by atoms with Crippen LogP contribution in [0.2, 0.25) is 0 Å². The molecule has 0 aliphatic heterocycles. The Bertz CT molecular complexity index is 363. The molecule has 1 rings (SSSR count). The molecule has 3 heteroatoms. The molecule has 0 saturated heterocycles. The Morgan fingerprint density at radius 3 is 2.28 bits per heavy atom. The van der Waals surface area contributed by atoms with Crippen molar-refractivity contribution < 1.29 is 5.11 Å². The van der Waals surface area contributed by atoms with Crippen LogP contribution >= 0.6 is 0 Å². The molecule has 0 spiro atoms. The van der Waals surface area contributed by atoms with Gasteiger partial charge in [0.05, 0.1) is 6.10 Å². The second-order valence-corrected chi connectivity index (χ2v) is 5.53. The first-order valence-corrected chi connectivity index (χ1v) is 6.67. The molecule has 0 radical (unpaired) electrons. The monoisotopic (exact) mass is 250 g/mol. The van der Waals surface area contributed by atoms with Crippen molar-refractivity contribution in [3.63, 3.8) is 0 Å². The highest BCUT2D eigenvalue weighted by Gasteiger charge is 2.18. The fourth-order valence-electron chi connectivity index (χ4n) is 1.81. The summed E-state index contributed by atoms with van der Waals surface area (Å²) in [7, 11) is 0. The third-order valence-corrected chi connectivity index (χ3v) is 3.35. The van der Waals surface area contributed by atoms with Gasteiger partial charge in [0.25, 0.3) is 0 Å². The van der Waals surface area contributed by atoms with Gasteiger partial charge in [-0.3, -0.25) is 4.90 Å². The Hall–Kier alpha value is -1.06. The quantitative estimate of drug-likeness (QED) is 0.763. The molecule has 0 aliphatic carbocycles. The van der Waals surface area contributed by atoms with Gasteiger partial charge in [-0.05, 0) is 31.4 Å². The number of nitrogens with two attached hydrogens (primary N) is 1. The number of benzene rings is 1. The van der Waals surface area contributed by atoms with Crippen LogP contribution in [0.1, 0.15) is 33.3 Å². The van der Waals surface area contributed by atoms with Crippen molar-refractivity contribution in [2.24, 2.45) is 5.92 Å². The molecular weight excluding hydrogens is 224 g/mol. The molecule has 18 heavy (non-hydrogen) atoms. The van der Waals surface area contributed by atoms with Crippen LogP contribution in [0.5, 0.6) is 0 Å². The number of rotatable bonds is 6. The maximum absolute atomic E-state index is 10.0. The van der Waals surface area contributed by atoms with E-state index in [1.54, 1.807) is 0 Å². The van der Waals surface area contributed by atoms with E-state index in [9.17, 15) is 5.11 Å². The normalized spacial score (nSPS) is 13.6. The number of nitrogens with zero attached hydrogens (tertiary/aromatic N) is 1. The van der Waals surface area contributed by atoms with Crippen molar-refractivity contribution in [2.45, 2.75) is 46.4 Å². The summed E-state index contributed by atoms with van der Waals surface area (Å²) in [6.07, 6.45) is -0.294. The summed E-state index contributed by atoms with van der Waals surface area (Å²) in [6, 6.07) is 8.31. The van der Waals surface area contributed by atoms with Gasteiger partial charge in [-0.15, -0.1) is 0 Å². The van der Waals surface area contributed by atoms with Crippen LogP contribution in [0.25, 0.3) is 0 Å². The Balaban J connectivity index is 2.72. The Morgan fingerprint density at radius 2 is 1.78 bits per heavy atom. The fraction of sp³-hybridized carbons (Fsp3) is 0.600. The smallest absolute Gasteiger partial charge is 0.0690 e. The van der Waals surface area contributed by atoms with E-state index in [2.05, 4.69) is 18.7 Å². The average Bonchev–Trinajstić information content (AvgIpc) is 2.30. The SMILES string of the molecule is CC(C)C(O)CN(Cc1ccccc1N)C(C)C. The molecule has 102 valence electrons. The molecule has 3 nitrogen and oxygen atoms in total. The van der Waals surface area contributed by atoms with Crippen molar-refractivity contribution >= 4 is 5.69 Å².